The van der Waals surface area contributed by atoms with Crippen LogP contribution < -0.4 is 5.32 Å². The van der Waals surface area contributed by atoms with Gasteiger partial charge >= 0.3 is 0 Å². The molecule has 0 saturated carbocycles. The van der Waals surface area contributed by atoms with Crippen LogP contribution in [0, 0.1) is 12.8 Å². The molecule has 1 atom stereocenters. The lowest BCUT2D eigenvalue weighted by Crippen LogP contribution is -2.35. The summed E-state index contributed by atoms with van der Waals surface area (Å²) in [4.78, 5) is 24.6. The highest BCUT2D eigenvalue weighted by atomic mass is 32.2. The number of amides is 1. The molecule has 0 aliphatic heterocycles. The number of aromatic nitrogens is 3. The number of carbonyl (C=O) groups is 1. The second kappa shape index (κ2) is 7.70. The van der Waals surface area contributed by atoms with Gasteiger partial charge in [-0.2, -0.15) is 0 Å². The van der Waals surface area contributed by atoms with Crippen molar-refractivity contribution < 1.29 is 4.79 Å². The first-order valence-corrected chi connectivity index (χ1v) is 9.20. The number of aryl methyl sites for hydroxylation is 1. The summed E-state index contributed by atoms with van der Waals surface area (Å²) >= 11 is 1.48. The van der Waals surface area contributed by atoms with Crippen LogP contribution in [0.25, 0.3) is 11.0 Å². The zero-order valence-corrected chi connectivity index (χ0v) is 15.4. The molecule has 1 aromatic carbocycles. The molecule has 25 heavy (non-hydrogen) atoms. The van der Waals surface area contributed by atoms with Gasteiger partial charge in [-0.3, -0.25) is 9.78 Å². The van der Waals surface area contributed by atoms with E-state index in [1.807, 2.05) is 38.1 Å². The Morgan fingerprint density at radius 1 is 1.32 bits per heavy atom. The molecular formula is C19H22N4OS. The average molecular weight is 354 g/mol. The third kappa shape index (κ3) is 4.39. The van der Waals surface area contributed by atoms with E-state index < -0.39 is 0 Å². The SMILES string of the molecule is Cc1ccc2nc(SC(C(=O)NCc3cccnc3)C(C)C)[nH]c2c1. The number of nitrogens with zero attached hydrogens (tertiary/aromatic N) is 2. The van der Waals surface area contributed by atoms with E-state index in [-0.39, 0.29) is 17.1 Å². The normalized spacial score (nSPS) is 12.5. The van der Waals surface area contributed by atoms with E-state index in [1.165, 1.54) is 17.3 Å². The molecular weight excluding hydrogens is 332 g/mol. The Morgan fingerprint density at radius 2 is 2.16 bits per heavy atom. The van der Waals surface area contributed by atoms with Gasteiger partial charge in [-0.05, 0) is 42.2 Å². The van der Waals surface area contributed by atoms with E-state index >= 15 is 0 Å². The maximum absolute atomic E-state index is 12.6. The second-order valence-electron chi connectivity index (χ2n) is 6.42. The first-order chi connectivity index (χ1) is 12.0. The largest absolute Gasteiger partial charge is 0.351 e. The number of benzene rings is 1. The molecule has 0 radical (unpaired) electrons. The van der Waals surface area contributed by atoms with Crippen molar-refractivity contribution in [2.45, 2.75) is 37.7 Å². The van der Waals surface area contributed by atoms with E-state index in [4.69, 9.17) is 0 Å². The van der Waals surface area contributed by atoms with Crippen molar-refractivity contribution in [2.24, 2.45) is 5.92 Å². The van der Waals surface area contributed by atoms with Crippen molar-refractivity contribution in [3.8, 4) is 0 Å². The molecule has 2 heterocycles. The highest BCUT2D eigenvalue weighted by molar-refractivity contribution is 8.00. The van der Waals surface area contributed by atoms with Gasteiger partial charge in [0.05, 0.1) is 16.3 Å². The molecule has 0 spiro atoms. The topological polar surface area (TPSA) is 70.7 Å². The van der Waals surface area contributed by atoms with Crippen LogP contribution in [-0.4, -0.2) is 26.1 Å². The fraction of sp³-hybridized carbons (Fsp3) is 0.316. The van der Waals surface area contributed by atoms with Gasteiger partial charge in [0, 0.05) is 18.9 Å². The van der Waals surface area contributed by atoms with E-state index in [0.717, 1.165) is 21.8 Å². The molecule has 2 aromatic heterocycles. The van der Waals surface area contributed by atoms with Crippen molar-refractivity contribution >= 4 is 28.7 Å². The maximum Gasteiger partial charge on any atom is 0.234 e. The summed E-state index contributed by atoms with van der Waals surface area (Å²) in [5, 5.41) is 3.57. The number of pyridine rings is 1. The van der Waals surface area contributed by atoms with E-state index in [1.54, 1.807) is 12.4 Å². The van der Waals surface area contributed by atoms with Crippen molar-refractivity contribution in [1.29, 1.82) is 0 Å². The Hall–Kier alpha value is -2.34. The molecule has 5 nitrogen and oxygen atoms in total. The number of nitrogens with one attached hydrogen (secondary N) is 2. The average Bonchev–Trinajstić information content (AvgIpc) is 3.00. The van der Waals surface area contributed by atoms with Crippen LogP contribution in [0.3, 0.4) is 0 Å². The number of aromatic amines is 1. The molecule has 2 N–H and O–H groups in total. The minimum absolute atomic E-state index is 0.0143. The molecule has 0 fully saturated rings. The van der Waals surface area contributed by atoms with Crippen LogP contribution in [0.1, 0.15) is 25.0 Å². The Morgan fingerprint density at radius 3 is 2.88 bits per heavy atom. The number of H-pyrrole nitrogens is 1. The van der Waals surface area contributed by atoms with Crippen LogP contribution in [0.15, 0.2) is 47.9 Å². The minimum atomic E-state index is -0.210. The molecule has 0 aliphatic carbocycles. The standard InChI is InChI=1S/C19H22N4OS/c1-12(2)17(18(24)21-11-14-5-4-8-20-10-14)25-19-22-15-7-6-13(3)9-16(15)23-19/h4-10,12,17H,11H2,1-3H3,(H,21,24)(H,22,23). The van der Waals surface area contributed by atoms with Gasteiger partial charge in [-0.1, -0.05) is 37.7 Å². The summed E-state index contributed by atoms with van der Waals surface area (Å²) in [6, 6.07) is 9.93. The second-order valence-corrected chi connectivity index (χ2v) is 7.55. The predicted octanol–water partition coefficient (Wildman–Crippen LogP) is 3.70. The van der Waals surface area contributed by atoms with Crippen molar-refractivity contribution in [3.63, 3.8) is 0 Å². The summed E-state index contributed by atoms with van der Waals surface area (Å²) in [6.45, 7) is 6.63. The third-order valence-corrected chi connectivity index (χ3v) is 5.34. The molecule has 0 aliphatic rings. The van der Waals surface area contributed by atoms with Crippen LogP contribution in [0.5, 0.6) is 0 Å². The fourth-order valence-corrected chi connectivity index (χ4v) is 3.58. The molecule has 0 saturated heterocycles. The van der Waals surface area contributed by atoms with Gasteiger partial charge in [0.15, 0.2) is 5.16 Å². The zero-order valence-electron chi connectivity index (χ0n) is 14.6. The highest BCUT2D eigenvalue weighted by Crippen LogP contribution is 2.28. The molecule has 1 amide bonds. The number of carbonyl (C=O) groups excluding carboxylic acids is 1. The number of thioether (sulfide) groups is 1. The van der Waals surface area contributed by atoms with Gasteiger partial charge in [0.2, 0.25) is 5.91 Å². The number of hydrogen-bond acceptors (Lipinski definition) is 4. The van der Waals surface area contributed by atoms with Crippen molar-refractivity contribution in [2.75, 3.05) is 0 Å². The third-order valence-electron chi connectivity index (χ3n) is 3.91. The van der Waals surface area contributed by atoms with Gasteiger partial charge in [-0.15, -0.1) is 0 Å². The smallest absolute Gasteiger partial charge is 0.234 e. The monoisotopic (exact) mass is 354 g/mol. The Labute approximate surface area is 151 Å². The molecule has 1 unspecified atom stereocenters. The van der Waals surface area contributed by atoms with Gasteiger partial charge < -0.3 is 10.3 Å². The van der Waals surface area contributed by atoms with Crippen molar-refractivity contribution in [3.05, 3.63) is 53.9 Å². The quantitative estimate of drug-likeness (QED) is 0.662. The molecule has 3 aromatic rings. The summed E-state index contributed by atoms with van der Waals surface area (Å²) < 4.78 is 0. The summed E-state index contributed by atoms with van der Waals surface area (Å²) in [5.41, 5.74) is 4.09. The lowest BCUT2D eigenvalue weighted by Gasteiger charge is -2.18. The van der Waals surface area contributed by atoms with E-state index in [0.29, 0.717) is 6.54 Å². The molecule has 3 rings (SSSR count). The predicted molar refractivity (Wildman–Crippen MR) is 101 cm³/mol. The molecule has 130 valence electrons. The van der Waals surface area contributed by atoms with Gasteiger partial charge in [0.25, 0.3) is 0 Å². The fourth-order valence-electron chi connectivity index (χ4n) is 2.56. The Bertz CT molecular complexity index is 860. The maximum atomic E-state index is 12.6. The van der Waals surface area contributed by atoms with Crippen LogP contribution >= 0.6 is 11.8 Å². The summed E-state index contributed by atoms with van der Waals surface area (Å²) in [7, 11) is 0. The number of imidazole rings is 1. The van der Waals surface area contributed by atoms with Gasteiger partial charge in [-0.25, -0.2) is 4.98 Å². The van der Waals surface area contributed by atoms with E-state index in [9.17, 15) is 4.79 Å². The summed E-state index contributed by atoms with van der Waals surface area (Å²) in [5.74, 6) is 0.203. The number of hydrogen-bond donors (Lipinski definition) is 2. The minimum Gasteiger partial charge on any atom is -0.351 e. The molecule has 0 bridgehead atoms. The summed E-state index contributed by atoms with van der Waals surface area (Å²) in [6.07, 6.45) is 3.49. The van der Waals surface area contributed by atoms with Crippen LogP contribution in [-0.2, 0) is 11.3 Å². The Kier molecular flexibility index (Phi) is 5.38. The van der Waals surface area contributed by atoms with Crippen LogP contribution in [0.2, 0.25) is 0 Å². The zero-order chi connectivity index (χ0) is 17.8. The molecule has 6 heteroatoms. The number of rotatable bonds is 6. The lowest BCUT2D eigenvalue weighted by molar-refractivity contribution is -0.121. The van der Waals surface area contributed by atoms with Crippen LogP contribution in [0.4, 0.5) is 0 Å². The number of fused-ring (bicyclic) bond motifs is 1. The lowest BCUT2D eigenvalue weighted by atomic mass is 10.1. The highest BCUT2D eigenvalue weighted by Gasteiger charge is 2.24. The first kappa shape index (κ1) is 17.5. The van der Waals surface area contributed by atoms with E-state index in [2.05, 4.69) is 33.3 Å². The Balaban J connectivity index is 1.70. The van der Waals surface area contributed by atoms with Gasteiger partial charge in [0.1, 0.15) is 0 Å². The van der Waals surface area contributed by atoms with Crippen molar-refractivity contribution in [1.82, 2.24) is 20.3 Å². The first-order valence-electron chi connectivity index (χ1n) is 8.32.